The Morgan fingerprint density at radius 1 is 1.25 bits per heavy atom. The van der Waals surface area contributed by atoms with Crippen LogP contribution >= 0.6 is 0 Å². The van der Waals surface area contributed by atoms with Crippen LogP contribution in [0.15, 0.2) is 10.7 Å². The molecule has 3 aromatic heterocycles. The van der Waals surface area contributed by atoms with Gasteiger partial charge in [0.05, 0.1) is 18.6 Å². The Balaban J connectivity index is 1.57. The molecule has 4 heterocycles. The van der Waals surface area contributed by atoms with Gasteiger partial charge in [-0.2, -0.15) is 4.98 Å². The number of nitrogens with zero attached hydrogens (tertiary/aromatic N) is 4. The third-order valence-electron chi connectivity index (χ3n) is 7.24. The number of nitrogens with one attached hydrogen (secondary N) is 1. The number of furan rings is 1. The smallest absolute Gasteiger partial charge is 0.231 e. The average Bonchev–Trinajstić information content (AvgIpc) is 3.12. The maximum Gasteiger partial charge on any atom is 0.231 e. The van der Waals surface area contributed by atoms with Crippen molar-refractivity contribution >= 4 is 33.8 Å². The van der Waals surface area contributed by atoms with Gasteiger partial charge in [0, 0.05) is 26.2 Å². The van der Waals surface area contributed by atoms with E-state index >= 15 is 0 Å². The van der Waals surface area contributed by atoms with Crippen LogP contribution in [0.1, 0.15) is 51.2 Å². The average molecular weight is 439 g/mol. The highest BCUT2D eigenvalue weighted by molar-refractivity contribution is 6.07. The SMILES string of the molecule is CC(C)C1c2c(c(N)nc3oc4c(NCCN5CCOCC5)ncnc4c23)CCC1(C)C. The van der Waals surface area contributed by atoms with Gasteiger partial charge in [0.25, 0.3) is 0 Å². The molecule has 1 saturated heterocycles. The molecule has 0 spiro atoms. The first-order chi connectivity index (χ1) is 15.4. The molecule has 1 atom stereocenters. The Kier molecular flexibility index (Phi) is 5.45. The van der Waals surface area contributed by atoms with Crippen LogP contribution in [0.2, 0.25) is 0 Å². The quantitative estimate of drug-likeness (QED) is 0.620. The zero-order valence-electron chi connectivity index (χ0n) is 19.6. The van der Waals surface area contributed by atoms with Crippen molar-refractivity contribution in [2.75, 3.05) is 50.4 Å². The minimum atomic E-state index is 0.164. The van der Waals surface area contributed by atoms with Crippen LogP contribution < -0.4 is 11.1 Å². The van der Waals surface area contributed by atoms with E-state index in [2.05, 4.69) is 52.9 Å². The van der Waals surface area contributed by atoms with Gasteiger partial charge in [0.1, 0.15) is 17.7 Å². The van der Waals surface area contributed by atoms with Crippen molar-refractivity contribution in [1.82, 2.24) is 19.9 Å². The zero-order valence-corrected chi connectivity index (χ0v) is 19.6. The molecule has 1 fully saturated rings. The summed E-state index contributed by atoms with van der Waals surface area (Å²) in [5.74, 6) is 2.12. The first kappa shape index (κ1) is 21.4. The summed E-state index contributed by atoms with van der Waals surface area (Å²) in [7, 11) is 0. The number of nitrogens with two attached hydrogens (primary N) is 1. The summed E-state index contributed by atoms with van der Waals surface area (Å²) in [6.07, 6.45) is 3.65. The molecule has 1 aliphatic carbocycles. The van der Waals surface area contributed by atoms with Gasteiger partial charge in [-0.25, -0.2) is 9.97 Å². The minimum absolute atomic E-state index is 0.164. The summed E-state index contributed by atoms with van der Waals surface area (Å²) in [6.45, 7) is 14.5. The van der Waals surface area contributed by atoms with E-state index in [1.807, 2.05) is 0 Å². The van der Waals surface area contributed by atoms with Crippen molar-refractivity contribution in [3.63, 3.8) is 0 Å². The van der Waals surface area contributed by atoms with Gasteiger partial charge in [-0.1, -0.05) is 27.7 Å². The number of fused-ring (bicyclic) bond motifs is 5. The molecule has 0 amide bonds. The molecule has 0 radical (unpaired) electrons. The van der Waals surface area contributed by atoms with E-state index < -0.39 is 0 Å². The highest BCUT2D eigenvalue weighted by atomic mass is 16.5. The minimum Gasteiger partial charge on any atom is -0.432 e. The Morgan fingerprint density at radius 2 is 2.03 bits per heavy atom. The van der Waals surface area contributed by atoms with Crippen molar-refractivity contribution in [2.45, 2.75) is 46.5 Å². The molecule has 2 aliphatic rings. The monoisotopic (exact) mass is 438 g/mol. The number of rotatable bonds is 5. The van der Waals surface area contributed by atoms with Crippen LogP contribution in [0, 0.1) is 11.3 Å². The second kappa shape index (κ2) is 8.15. The van der Waals surface area contributed by atoms with Crippen LogP contribution in [-0.4, -0.2) is 59.2 Å². The van der Waals surface area contributed by atoms with Crippen molar-refractivity contribution in [3.8, 4) is 0 Å². The normalized spacial score (nSPS) is 21.3. The highest BCUT2D eigenvalue weighted by Gasteiger charge is 2.41. The Bertz CT molecular complexity index is 1130. The number of hydrogen-bond donors (Lipinski definition) is 2. The van der Waals surface area contributed by atoms with E-state index in [4.69, 9.17) is 14.9 Å². The van der Waals surface area contributed by atoms with Gasteiger partial charge in [-0.05, 0) is 41.2 Å². The van der Waals surface area contributed by atoms with Crippen LogP contribution in [0.4, 0.5) is 11.6 Å². The molecule has 5 rings (SSSR count). The largest absolute Gasteiger partial charge is 0.432 e. The molecular formula is C24H34N6O2. The van der Waals surface area contributed by atoms with E-state index in [1.54, 1.807) is 6.33 Å². The number of pyridine rings is 1. The predicted molar refractivity (Wildman–Crippen MR) is 127 cm³/mol. The van der Waals surface area contributed by atoms with E-state index in [0.717, 1.165) is 63.1 Å². The summed E-state index contributed by atoms with van der Waals surface area (Å²) >= 11 is 0. The molecular weight excluding hydrogens is 404 g/mol. The maximum atomic E-state index is 6.44. The summed E-state index contributed by atoms with van der Waals surface area (Å²) in [4.78, 5) is 16.2. The lowest BCUT2D eigenvalue weighted by molar-refractivity contribution is 0.0398. The summed E-state index contributed by atoms with van der Waals surface area (Å²) in [6, 6.07) is 0. The van der Waals surface area contributed by atoms with Crippen LogP contribution in [-0.2, 0) is 11.2 Å². The highest BCUT2D eigenvalue weighted by Crippen LogP contribution is 2.53. The number of anilines is 2. The standard InChI is InChI=1S/C24H34N6O2/c1-14(2)18-16-15(5-6-24(18,3)4)21(25)29-23-17(16)19-20(32-23)22(28-13-27-19)26-7-8-30-9-11-31-12-10-30/h13-14,18H,5-12H2,1-4H3,(H2,25,29)(H,26,27,28). The molecule has 8 nitrogen and oxygen atoms in total. The topological polar surface area (TPSA) is 102 Å². The predicted octanol–water partition coefficient (Wildman–Crippen LogP) is 3.81. The Labute approximate surface area is 188 Å². The van der Waals surface area contributed by atoms with Gasteiger partial charge < -0.3 is 20.2 Å². The number of aromatic nitrogens is 3. The second-order valence-electron chi connectivity index (χ2n) is 10.2. The maximum absolute atomic E-state index is 6.44. The fourth-order valence-corrected chi connectivity index (χ4v) is 5.80. The fraction of sp³-hybridized carbons (Fsp3) is 0.625. The van der Waals surface area contributed by atoms with Gasteiger partial charge in [-0.3, -0.25) is 4.90 Å². The van der Waals surface area contributed by atoms with E-state index in [0.29, 0.717) is 34.8 Å². The molecule has 32 heavy (non-hydrogen) atoms. The molecule has 8 heteroatoms. The van der Waals surface area contributed by atoms with Crippen LogP contribution in [0.5, 0.6) is 0 Å². The fourth-order valence-electron chi connectivity index (χ4n) is 5.80. The molecule has 0 saturated carbocycles. The molecule has 3 N–H and O–H groups in total. The number of ether oxygens (including phenoxy) is 1. The molecule has 0 aromatic carbocycles. The lowest BCUT2D eigenvalue weighted by Gasteiger charge is -2.43. The second-order valence-corrected chi connectivity index (χ2v) is 10.2. The first-order valence-electron chi connectivity index (χ1n) is 11.8. The summed E-state index contributed by atoms with van der Waals surface area (Å²) < 4.78 is 11.7. The molecule has 3 aromatic rings. The van der Waals surface area contributed by atoms with E-state index in [1.165, 1.54) is 11.1 Å². The molecule has 1 unspecified atom stereocenters. The molecule has 1 aliphatic heterocycles. The summed E-state index contributed by atoms with van der Waals surface area (Å²) in [5.41, 5.74) is 11.1. The van der Waals surface area contributed by atoms with Gasteiger partial charge in [0.15, 0.2) is 11.4 Å². The number of hydrogen-bond acceptors (Lipinski definition) is 8. The van der Waals surface area contributed by atoms with Gasteiger partial charge in [0.2, 0.25) is 5.71 Å². The third-order valence-corrected chi connectivity index (χ3v) is 7.24. The van der Waals surface area contributed by atoms with E-state index in [-0.39, 0.29) is 5.41 Å². The summed E-state index contributed by atoms with van der Waals surface area (Å²) in [5, 5.41) is 4.46. The zero-order chi connectivity index (χ0) is 22.5. The van der Waals surface area contributed by atoms with Crippen LogP contribution in [0.3, 0.4) is 0 Å². The van der Waals surface area contributed by atoms with Crippen molar-refractivity contribution in [1.29, 1.82) is 0 Å². The van der Waals surface area contributed by atoms with Crippen molar-refractivity contribution in [2.24, 2.45) is 11.3 Å². The lowest BCUT2D eigenvalue weighted by atomic mass is 9.62. The van der Waals surface area contributed by atoms with Gasteiger partial charge in [-0.15, -0.1) is 0 Å². The van der Waals surface area contributed by atoms with Crippen molar-refractivity contribution in [3.05, 3.63) is 17.5 Å². The Morgan fingerprint density at radius 3 is 2.78 bits per heavy atom. The van der Waals surface area contributed by atoms with Crippen molar-refractivity contribution < 1.29 is 9.15 Å². The van der Waals surface area contributed by atoms with E-state index in [9.17, 15) is 0 Å². The number of nitrogen functional groups attached to an aromatic ring is 1. The van der Waals surface area contributed by atoms with Crippen LogP contribution in [0.25, 0.3) is 22.2 Å². The van der Waals surface area contributed by atoms with Gasteiger partial charge >= 0.3 is 0 Å². The first-order valence-corrected chi connectivity index (χ1v) is 11.8. The molecule has 0 bridgehead atoms. The number of morpholine rings is 1. The molecule has 172 valence electrons. The lowest BCUT2D eigenvalue weighted by Crippen LogP contribution is -2.39. The third kappa shape index (κ3) is 3.59. The Hall–Kier alpha value is -2.45.